The third-order valence-electron chi connectivity index (χ3n) is 2.38. The summed E-state index contributed by atoms with van der Waals surface area (Å²) in [6, 6.07) is 7.28. The van der Waals surface area contributed by atoms with Gasteiger partial charge in [0.2, 0.25) is 5.76 Å². The highest BCUT2D eigenvalue weighted by Gasteiger charge is 2.12. The third kappa shape index (κ3) is 2.55. The molecule has 88 valence electrons. The van der Waals surface area contributed by atoms with Crippen molar-refractivity contribution >= 4 is 21.9 Å². The van der Waals surface area contributed by atoms with E-state index in [2.05, 4.69) is 28.0 Å². The van der Waals surface area contributed by atoms with Crippen LogP contribution < -0.4 is 0 Å². The zero-order valence-corrected chi connectivity index (χ0v) is 10.7. The SMILES string of the molecule is CCc1cc(Br)cc(-c2cc(C(=O)O)on2)c1. The Morgan fingerprint density at radius 2 is 2.18 bits per heavy atom. The molecule has 0 spiro atoms. The van der Waals surface area contributed by atoms with Crippen molar-refractivity contribution in [2.24, 2.45) is 0 Å². The fraction of sp³-hybridized carbons (Fsp3) is 0.167. The molecule has 0 bridgehead atoms. The van der Waals surface area contributed by atoms with Crippen molar-refractivity contribution in [3.05, 3.63) is 40.1 Å². The number of aromatic carboxylic acids is 1. The van der Waals surface area contributed by atoms with Crippen molar-refractivity contribution in [3.8, 4) is 11.3 Å². The first-order valence-electron chi connectivity index (χ1n) is 5.10. The predicted octanol–water partition coefficient (Wildman–Crippen LogP) is 3.36. The van der Waals surface area contributed by atoms with E-state index in [-0.39, 0.29) is 5.76 Å². The number of carboxylic acid groups (broad SMARTS) is 1. The van der Waals surface area contributed by atoms with Gasteiger partial charge < -0.3 is 9.63 Å². The molecule has 0 saturated heterocycles. The number of carbonyl (C=O) groups is 1. The van der Waals surface area contributed by atoms with Crippen LogP contribution in [-0.2, 0) is 6.42 Å². The van der Waals surface area contributed by atoms with Gasteiger partial charge in [-0.15, -0.1) is 0 Å². The van der Waals surface area contributed by atoms with Gasteiger partial charge in [-0.25, -0.2) is 4.79 Å². The second kappa shape index (κ2) is 4.71. The zero-order chi connectivity index (χ0) is 12.4. The molecule has 0 aliphatic carbocycles. The van der Waals surface area contributed by atoms with Crippen molar-refractivity contribution in [1.29, 1.82) is 0 Å². The normalized spacial score (nSPS) is 10.5. The van der Waals surface area contributed by atoms with Gasteiger partial charge in [-0.05, 0) is 30.2 Å². The quantitative estimate of drug-likeness (QED) is 0.943. The van der Waals surface area contributed by atoms with Crippen molar-refractivity contribution in [2.75, 3.05) is 0 Å². The lowest BCUT2D eigenvalue weighted by Crippen LogP contribution is -1.91. The Morgan fingerprint density at radius 1 is 1.41 bits per heavy atom. The van der Waals surface area contributed by atoms with Crippen molar-refractivity contribution in [2.45, 2.75) is 13.3 Å². The summed E-state index contributed by atoms with van der Waals surface area (Å²) in [7, 11) is 0. The molecule has 1 N–H and O–H groups in total. The Kier molecular flexibility index (Phi) is 3.28. The highest BCUT2D eigenvalue weighted by atomic mass is 79.9. The predicted molar refractivity (Wildman–Crippen MR) is 66.0 cm³/mol. The maximum atomic E-state index is 10.7. The summed E-state index contributed by atoms with van der Waals surface area (Å²) >= 11 is 3.41. The number of nitrogens with zero attached hydrogens (tertiary/aromatic N) is 1. The minimum Gasteiger partial charge on any atom is -0.475 e. The standard InChI is InChI=1S/C12H10BrNO3/c1-2-7-3-8(5-9(13)4-7)10-6-11(12(15)16)17-14-10/h3-6H,2H2,1H3,(H,15,16). The first-order chi connectivity index (χ1) is 8.10. The molecule has 0 radical (unpaired) electrons. The Balaban J connectivity index is 2.44. The van der Waals surface area contributed by atoms with Gasteiger partial charge in [-0.2, -0.15) is 0 Å². The van der Waals surface area contributed by atoms with Gasteiger partial charge in [0.15, 0.2) is 0 Å². The monoisotopic (exact) mass is 295 g/mol. The van der Waals surface area contributed by atoms with Crippen LogP contribution in [0.4, 0.5) is 0 Å². The van der Waals surface area contributed by atoms with E-state index >= 15 is 0 Å². The van der Waals surface area contributed by atoms with Gasteiger partial charge in [-0.1, -0.05) is 28.0 Å². The van der Waals surface area contributed by atoms with Crippen LogP contribution in [0.2, 0.25) is 0 Å². The summed E-state index contributed by atoms with van der Waals surface area (Å²) < 4.78 is 5.67. The lowest BCUT2D eigenvalue weighted by atomic mass is 10.1. The van der Waals surface area contributed by atoms with Crippen LogP contribution in [0.1, 0.15) is 23.0 Å². The Labute approximate surface area is 106 Å². The van der Waals surface area contributed by atoms with Crippen LogP contribution in [0.15, 0.2) is 33.3 Å². The fourth-order valence-corrected chi connectivity index (χ4v) is 2.06. The zero-order valence-electron chi connectivity index (χ0n) is 9.11. The number of hydrogen-bond donors (Lipinski definition) is 1. The van der Waals surface area contributed by atoms with E-state index in [1.165, 1.54) is 6.07 Å². The summed E-state index contributed by atoms with van der Waals surface area (Å²) in [5.74, 6) is -1.27. The first-order valence-corrected chi connectivity index (χ1v) is 5.89. The number of rotatable bonds is 3. The van der Waals surface area contributed by atoms with Crippen molar-refractivity contribution in [1.82, 2.24) is 5.16 Å². The van der Waals surface area contributed by atoms with Crippen LogP contribution in [0.5, 0.6) is 0 Å². The molecule has 4 nitrogen and oxygen atoms in total. The van der Waals surface area contributed by atoms with Gasteiger partial charge in [0.25, 0.3) is 0 Å². The van der Waals surface area contributed by atoms with E-state index in [9.17, 15) is 4.79 Å². The van der Waals surface area contributed by atoms with Crippen LogP contribution in [0.25, 0.3) is 11.3 Å². The second-order valence-corrected chi connectivity index (χ2v) is 4.50. The molecule has 0 atom stereocenters. The molecule has 0 saturated carbocycles. The number of carboxylic acids is 1. The second-order valence-electron chi connectivity index (χ2n) is 3.58. The maximum Gasteiger partial charge on any atom is 0.374 e. The highest BCUT2D eigenvalue weighted by Crippen LogP contribution is 2.25. The van der Waals surface area contributed by atoms with Gasteiger partial charge in [0.1, 0.15) is 5.69 Å². The topological polar surface area (TPSA) is 63.3 Å². The molecule has 0 unspecified atom stereocenters. The number of halogens is 1. The lowest BCUT2D eigenvalue weighted by molar-refractivity contribution is 0.0652. The minimum atomic E-state index is -1.12. The smallest absolute Gasteiger partial charge is 0.374 e. The minimum absolute atomic E-state index is 0.155. The van der Waals surface area contributed by atoms with Crippen molar-refractivity contribution in [3.63, 3.8) is 0 Å². The fourth-order valence-electron chi connectivity index (χ4n) is 1.51. The van der Waals surface area contributed by atoms with E-state index < -0.39 is 5.97 Å². The number of hydrogen-bond acceptors (Lipinski definition) is 3. The summed E-state index contributed by atoms with van der Waals surface area (Å²) in [5.41, 5.74) is 2.51. The van der Waals surface area contributed by atoms with Crippen LogP contribution in [-0.4, -0.2) is 16.2 Å². The van der Waals surface area contributed by atoms with Gasteiger partial charge in [0, 0.05) is 16.1 Å². The average molecular weight is 296 g/mol. The molecular formula is C12H10BrNO3. The molecule has 1 heterocycles. The molecule has 2 rings (SSSR count). The maximum absolute atomic E-state index is 10.7. The number of aromatic nitrogens is 1. The molecule has 0 fully saturated rings. The van der Waals surface area contributed by atoms with Gasteiger partial charge in [-0.3, -0.25) is 0 Å². The van der Waals surface area contributed by atoms with Crippen LogP contribution in [0, 0.1) is 0 Å². The molecule has 17 heavy (non-hydrogen) atoms. The van der Waals surface area contributed by atoms with E-state index in [0.29, 0.717) is 5.69 Å². The summed E-state index contributed by atoms with van der Waals surface area (Å²) in [6.07, 6.45) is 0.899. The highest BCUT2D eigenvalue weighted by molar-refractivity contribution is 9.10. The third-order valence-corrected chi connectivity index (χ3v) is 2.84. The van der Waals surface area contributed by atoms with Crippen LogP contribution in [0.3, 0.4) is 0 Å². The van der Waals surface area contributed by atoms with Gasteiger partial charge in [0.05, 0.1) is 0 Å². The molecule has 0 amide bonds. The molecule has 5 heteroatoms. The molecule has 1 aromatic heterocycles. The number of benzene rings is 1. The first kappa shape index (κ1) is 11.9. The van der Waals surface area contributed by atoms with E-state index in [1.807, 2.05) is 18.2 Å². The summed E-state index contributed by atoms with van der Waals surface area (Å²) in [5, 5.41) is 12.5. The molecular weight excluding hydrogens is 286 g/mol. The molecule has 0 aliphatic heterocycles. The lowest BCUT2D eigenvalue weighted by Gasteiger charge is -2.01. The van der Waals surface area contributed by atoms with E-state index in [1.54, 1.807) is 0 Å². The summed E-state index contributed by atoms with van der Waals surface area (Å²) in [6.45, 7) is 2.05. The van der Waals surface area contributed by atoms with E-state index in [0.717, 1.165) is 22.0 Å². The van der Waals surface area contributed by atoms with Crippen molar-refractivity contribution < 1.29 is 14.4 Å². The molecule has 0 aliphatic rings. The Bertz CT molecular complexity index is 563. The summed E-state index contributed by atoms with van der Waals surface area (Å²) in [4.78, 5) is 10.7. The Morgan fingerprint density at radius 3 is 2.76 bits per heavy atom. The molecule has 1 aromatic carbocycles. The average Bonchev–Trinajstić information content (AvgIpc) is 2.77. The largest absolute Gasteiger partial charge is 0.475 e. The van der Waals surface area contributed by atoms with Crippen LogP contribution >= 0.6 is 15.9 Å². The van der Waals surface area contributed by atoms with E-state index in [4.69, 9.17) is 9.63 Å². The van der Waals surface area contributed by atoms with Gasteiger partial charge >= 0.3 is 5.97 Å². The Hall–Kier alpha value is -1.62. The molecule has 2 aromatic rings. The number of aryl methyl sites for hydroxylation is 1.